The number of halogens is 1. The number of hydrogen-bond donors (Lipinski definition) is 2. The molecule has 2 N–H and O–H groups in total. The highest BCUT2D eigenvalue weighted by Crippen LogP contribution is 2.42. The van der Waals surface area contributed by atoms with Gasteiger partial charge in [0.15, 0.2) is 0 Å². The zero-order chi connectivity index (χ0) is 15.0. The molecule has 1 aliphatic carbocycles. The zero-order valence-electron chi connectivity index (χ0n) is 11.4. The van der Waals surface area contributed by atoms with Gasteiger partial charge in [-0.1, -0.05) is 6.42 Å². The quantitative estimate of drug-likeness (QED) is 0.856. The number of hydrogen-bond acceptors (Lipinski definition) is 3. The number of nitrogens with zero attached hydrogens (tertiary/aromatic N) is 1. The highest BCUT2D eigenvalue weighted by molar-refractivity contribution is 9.10. The fourth-order valence-corrected chi connectivity index (χ4v) is 4.93. The second-order valence-corrected chi connectivity index (χ2v) is 7.59. The first-order valence-corrected chi connectivity index (χ1v) is 8.73. The second-order valence-electron chi connectivity index (χ2n) is 5.68. The topological polar surface area (TPSA) is 69.6 Å². The van der Waals surface area contributed by atoms with Gasteiger partial charge in [0.05, 0.1) is 6.54 Å². The molecular weight excluding hydrogens is 356 g/mol. The average Bonchev–Trinajstić information content (AvgIpc) is 3.09. The Morgan fingerprint density at radius 2 is 2.29 bits per heavy atom. The molecule has 3 atom stereocenters. The fraction of sp³-hybridized carbons (Fsp3) is 0.571. The van der Waals surface area contributed by atoms with Gasteiger partial charge < -0.3 is 15.3 Å². The van der Waals surface area contributed by atoms with Gasteiger partial charge >= 0.3 is 12.0 Å². The van der Waals surface area contributed by atoms with Crippen LogP contribution in [0.25, 0.3) is 0 Å². The monoisotopic (exact) mass is 372 g/mol. The third kappa shape index (κ3) is 2.94. The minimum atomic E-state index is -0.876. The van der Waals surface area contributed by atoms with Gasteiger partial charge in [0.2, 0.25) is 0 Å². The summed E-state index contributed by atoms with van der Waals surface area (Å²) >= 11 is 4.94. The van der Waals surface area contributed by atoms with Crippen LogP contribution in [0.2, 0.25) is 0 Å². The van der Waals surface area contributed by atoms with Gasteiger partial charge in [0.1, 0.15) is 6.04 Å². The molecule has 1 aromatic rings. The Morgan fingerprint density at radius 1 is 1.48 bits per heavy atom. The number of nitrogens with one attached hydrogen (secondary N) is 1. The van der Waals surface area contributed by atoms with E-state index in [0.717, 1.165) is 28.6 Å². The molecule has 0 bridgehead atoms. The maximum atomic E-state index is 12.3. The van der Waals surface area contributed by atoms with Crippen molar-refractivity contribution >= 4 is 39.3 Å². The molecule has 3 rings (SSSR count). The van der Waals surface area contributed by atoms with Crippen LogP contribution in [0, 0.1) is 11.8 Å². The molecule has 7 heteroatoms. The summed E-state index contributed by atoms with van der Waals surface area (Å²) < 4.78 is 0.996. The van der Waals surface area contributed by atoms with E-state index in [1.165, 1.54) is 4.90 Å². The standard InChI is InChI=1S/C14H17BrN2O3S/c15-9-4-10(21-7-9)5-16-14(20)17-6-8-2-1-3-11(8)12(17)13(18)19/h4,7-8,11-12H,1-3,5-6H2,(H,16,20)(H,18,19). The Hall–Kier alpha value is -1.08. The van der Waals surface area contributed by atoms with Crippen LogP contribution in [0.15, 0.2) is 15.9 Å². The van der Waals surface area contributed by atoms with E-state index in [2.05, 4.69) is 21.2 Å². The van der Waals surface area contributed by atoms with Crippen molar-refractivity contribution in [2.45, 2.75) is 31.8 Å². The molecule has 5 nitrogen and oxygen atoms in total. The first-order chi connectivity index (χ1) is 10.1. The van der Waals surface area contributed by atoms with Crippen LogP contribution in [-0.2, 0) is 11.3 Å². The lowest BCUT2D eigenvalue weighted by molar-refractivity contribution is -0.142. The highest BCUT2D eigenvalue weighted by atomic mass is 79.9. The van der Waals surface area contributed by atoms with E-state index in [-0.39, 0.29) is 11.9 Å². The normalized spacial score (nSPS) is 27.7. The van der Waals surface area contributed by atoms with Crippen molar-refractivity contribution in [2.75, 3.05) is 6.54 Å². The predicted octanol–water partition coefficient (Wildman–Crippen LogP) is 2.91. The number of carbonyl (C=O) groups excluding carboxylic acids is 1. The first-order valence-electron chi connectivity index (χ1n) is 7.06. The molecule has 1 saturated heterocycles. The number of aliphatic carboxylic acids is 1. The largest absolute Gasteiger partial charge is 0.480 e. The molecule has 0 radical (unpaired) electrons. The van der Waals surface area contributed by atoms with Gasteiger partial charge in [-0.25, -0.2) is 9.59 Å². The molecule has 114 valence electrons. The fourth-order valence-electron chi connectivity index (χ4n) is 3.54. The van der Waals surface area contributed by atoms with Gasteiger partial charge in [-0.2, -0.15) is 0 Å². The maximum Gasteiger partial charge on any atom is 0.326 e. The third-order valence-corrected chi connectivity index (χ3v) is 6.14. The molecular formula is C14H17BrN2O3S. The Labute approximate surface area is 135 Å². The molecule has 2 aliphatic rings. The van der Waals surface area contributed by atoms with Gasteiger partial charge in [-0.05, 0) is 46.7 Å². The third-order valence-electron chi connectivity index (χ3n) is 4.44. The number of amides is 2. The van der Waals surface area contributed by atoms with Crippen LogP contribution >= 0.6 is 27.3 Å². The summed E-state index contributed by atoms with van der Waals surface area (Å²) in [5.41, 5.74) is 0. The minimum Gasteiger partial charge on any atom is -0.480 e. The number of urea groups is 1. The van der Waals surface area contributed by atoms with Crippen molar-refractivity contribution in [2.24, 2.45) is 11.8 Å². The van der Waals surface area contributed by atoms with Crippen molar-refractivity contribution in [3.63, 3.8) is 0 Å². The summed E-state index contributed by atoms with van der Waals surface area (Å²) in [6, 6.07) is 1.03. The number of thiophene rings is 1. The van der Waals surface area contributed by atoms with E-state index in [4.69, 9.17) is 0 Å². The number of fused-ring (bicyclic) bond motifs is 1. The number of carbonyl (C=O) groups is 2. The van der Waals surface area contributed by atoms with E-state index in [0.29, 0.717) is 19.0 Å². The van der Waals surface area contributed by atoms with Crippen LogP contribution in [0.1, 0.15) is 24.1 Å². The first kappa shape index (κ1) is 14.8. The Morgan fingerprint density at radius 3 is 2.95 bits per heavy atom. The molecule has 0 aromatic carbocycles. The number of carboxylic acids is 1. The molecule has 1 saturated carbocycles. The van der Waals surface area contributed by atoms with Crippen molar-refractivity contribution in [1.82, 2.24) is 10.2 Å². The molecule has 21 heavy (non-hydrogen) atoms. The zero-order valence-corrected chi connectivity index (χ0v) is 13.8. The average molecular weight is 373 g/mol. The summed E-state index contributed by atoms with van der Waals surface area (Å²) in [4.78, 5) is 26.4. The summed E-state index contributed by atoms with van der Waals surface area (Å²) in [5.74, 6) is -0.393. The highest BCUT2D eigenvalue weighted by Gasteiger charge is 2.49. The lowest BCUT2D eigenvalue weighted by atomic mass is 9.94. The van der Waals surface area contributed by atoms with Gasteiger partial charge in [0.25, 0.3) is 0 Å². The van der Waals surface area contributed by atoms with Crippen LogP contribution in [0.5, 0.6) is 0 Å². The second kappa shape index (κ2) is 5.96. The van der Waals surface area contributed by atoms with Crippen LogP contribution < -0.4 is 5.32 Å². The summed E-state index contributed by atoms with van der Waals surface area (Å²) in [6.07, 6.45) is 3.04. The minimum absolute atomic E-state index is 0.129. The predicted molar refractivity (Wildman–Crippen MR) is 83.2 cm³/mol. The van der Waals surface area contributed by atoms with E-state index in [9.17, 15) is 14.7 Å². The van der Waals surface area contributed by atoms with Crippen LogP contribution in [-0.4, -0.2) is 34.6 Å². The van der Waals surface area contributed by atoms with Crippen molar-refractivity contribution in [3.05, 3.63) is 20.8 Å². The van der Waals surface area contributed by atoms with Crippen molar-refractivity contribution in [3.8, 4) is 0 Å². The molecule has 2 fully saturated rings. The lowest BCUT2D eigenvalue weighted by Crippen LogP contribution is -2.47. The molecule has 2 amide bonds. The summed E-state index contributed by atoms with van der Waals surface area (Å²) in [5, 5.41) is 14.2. The van der Waals surface area contributed by atoms with E-state index in [1.807, 2.05) is 11.4 Å². The Kier molecular flexibility index (Phi) is 4.21. The van der Waals surface area contributed by atoms with Gasteiger partial charge in [-0.15, -0.1) is 11.3 Å². The van der Waals surface area contributed by atoms with Crippen LogP contribution in [0.3, 0.4) is 0 Å². The SMILES string of the molecule is O=C(O)C1C2CCCC2CN1C(=O)NCc1cc(Br)cs1. The summed E-state index contributed by atoms with van der Waals surface area (Å²) in [6.45, 7) is 1.01. The van der Waals surface area contributed by atoms with E-state index in [1.54, 1.807) is 11.3 Å². The van der Waals surface area contributed by atoms with Gasteiger partial charge in [-0.3, -0.25) is 0 Å². The van der Waals surface area contributed by atoms with E-state index < -0.39 is 12.0 Å². The summed E-state index contributed by atoms with van der Waals surface area (Å²) in [7, 11) is 0. The molecule has 1 aromatic heterocycles. The number of carboxylic acid groups (broad SMARTS) is 1. The smallest absolute Gasteiger partial charge is 0.326 e. The Balaban J connectivity index is 1.64. The van der Waals surface area contributed by atoms with E-state index >= 15 is 0 Å². The lowest BCUT2D eigenvalue weighted by Gasteiger charge is -2.24. The molecule has 1 aliphatic heterocycles. The van der Waals surface area contributed by atoms with Gasteiger partial charge in [0, 0.05) is 21.3 Å². The molecule has 2 heterocycles. The van der Waals surface area contributed by atoms with Crippen molar-refractivity contribution in [1.29, 1.82) is 0 Å². The van der Waals surface area contributed by atoms with Crippen LogP contribution in [0.4, 0.5) is 4.79 Å². The number of rotatable bonds is 3. The Bertz CT molecular complexity index is 562. The maximum absolute atomic E-state index is 12.3. The molecule has 3 unspecified atom stereocenters. The van der Waals surface area contributed by atoms with Crippen molar-refractivity contribution < 1.29 is 14.7 Å². The molecule has 0 spiro atoms. The number of likely N-dealkylation sites (tertiary alicyclic amines) is 1.